The molecule has 2 saturated carbocycles. The molecule has 2 aliphatic rings. The van der Waals surface area contributed by atoms with E-state index >= 15 is 0 Å². The van der Waals surface area contributed by atoms with E-state index in [-0.39, 0.29) is 10.8 Å². The molecule has 2 fully saturated rings. The predicted molar refractivity (Wildman–Crippen MR) is 45.9 cm³/mol. The topological polar surface area (TPSA) is 0 Å². The molecular formula is C11H15. The fourth-order valence-corrected chi connectivity index (χ4v) is 2.73. The Labute approximate surface area is 69.7 Å². The average molecular weight is 147 g/mol. The van der Waals surface area contributed by atoms with Gasteiger partial charge in [0.1, 0.15) is 0 Å². The van der Waals surface area contributed by atoms with Crippen LogP contribution in [0.1, 0.15) is 33.1 Å². The average Bonchev–Trinajstić information content (AvgIpc) is 2.36. The van der Waals surface area contributed by atoms with Crippen LogP contribution in [-0.2, 0) is 0 Å². The van der Waals surface area contributed by atoms with Crippen LogP contribution < -0.4 is 0 Å². The summed E-state index contributed by atoms with van der Waals surface area (Å²) in [4.78, 5) is 0. The molecule has 0 amide bonds. The van der Waals surface area contributed by atoms with Gasteiger partial charge >= 0.3 is 0 Å². The first-order valence-electron chi connectivity index (χ1n) is 4.42. The highest BCUT2D eigenvalue weighted by Crippen LogP contribution is 2.65. The van der Waals surface area contributed by atoms with Crippen LogP contribution in [0.4, 0.5) is 0 Å². The van der Waals surface area contributed by atoms with Crippen molar-refractivity contribution in [3.8, 4) is 0 Å². The van der Waals surface area contributed by atoms with Crippen molar-refractivity contribution >= 4 is 0 Å². The molecule has 59 valence electrons. The van der Waals surface area contributed by atoms with Gasteiger partial charge in [-0.15, -0.1) is 0 Å². The van der Waals surface area contributed by atoms with Crippen LogP contribution in [0.2, 0.25) is 0 Å². The summed E-state index contributed by atoms with van der Waals surface area (Å²) in [7, 11) is 0. The second-order valence-corrected chi connectivity index (χ2v) is 4.67. The highest BCUT2D eigenvalue weighted by Gasteiger charge is 2.56. The third kappa shape index (κ3) is 0.660. The van der Waals surface area contributed by atoms with Crippen LogP contribution in [0.3, 0.4) is 0 Å². The summed E-state index contributed by atoms with van der Waals surface area (Å²) in [5, 5.41) is 0. The van der Waals surface area contributed by atoms with Crippen molar-refractivity contribution < 1.29 is 0 Å². The number of hydrogen-bond acceptors (Lipinski definition) is 0. The molecule has 11 heavy (non-hydrogen) atoms. The first-order chi connectivity index (χ1) is 4.97. The maximum atomic E-state index is 8.24. The van der Waals surface area contributed by atoms with E-state index in [1.807, 2.05) is 0 Å². The Morgan fingerprint density at radius 3 is 2.45 bits per heavy atom. The van der Waals surface area contributed by atoms with E-state index in [1.165, 1.54) is 12.0 Å². The van der Waals surface area contributed by atoms with E-state index in [2.05, 4.69) is 20.4 Å². The second-order valence-electron chi connectivity index (χ2n) is 4.67. The fraction of sp³-hybridized carbons (Fsp3) is 0.727. The largest absolute Gasteiger partial charge is 0.0990 e. The summed E-state index contributed by atoms with van der Waals surface area (Å²) in [5.41, 5.74) is 1.24. The lowest BCUT2D eigenvalue weighted by atomic mass is 9.64. The van der Waals surface area contributed by atoms with Crippen molar-refractivity contribution in [2.24, 2.45) is 16.7 Å². The quantitative estimate of drug-likeness (QED) is 0.462. The van der Waals surface area contributed by atoms with Crippen molar-refractivity contribution in [2.75, 3.05) is 0 Å². The molecule has 0 saturated heterocycles. The van der Waals surface area contributed by atoms with Gasteiger partial charge in [-0.1, -0.05) is 26.0 Å². The molecular weight excluding hydrogens is 132 g/mol. The summed E-state index contributed by atoms with van der Waals surface area (Å²) >= 11 is 0. The molecule has 2 rings (SSSR count). The molecule has 0 aromatic carbocycles. The zero-order valence-corrected chi connectivity index (χ0v) is 7.41. The van der Waals surface area contributed by atoms with Crippen molar-refractivity contribution in [3.05, 3.63) is 19.1 Å². The minimum absolute atomic E-state index is 0.0793. The summed E-state index contributed by atoms with van der Waals surface area (Å²) in [6.45, 7) is 16.7. The van der Waals surface area contributed by atoms with Gasteiger partial charge in [-0.25, -0.2) is 0 Å². The van der Waals surface area contributed by atoms with Gasteiger partial charge in [0.05, 0.1) is 0 Å². The summed E-state index contributed by atoms with van der Waals surface area (Å²) in [5.74, 6) is 0.669. The second kappa shape index (κ2) is 1.73. The Bertz CT molecular complexity index is 212. The summed E-state index contributed by atoms with van der Waals surface area (Å²) < 4.78 is 0. The summed E-state index contributed by atoms with van der Waals surface area (Å²) in [6.07, 6.45) is 3.37. The maximum Gasteiger partial charge on any atom is -0.00105 e. The molecule has 2 aliphatic carbocycles. The lowest BCUT2D eigenvalue weighted by Crippen LogP contribution is -2.31. The molecule has 0 nitrogen and oxygen atoms in total. The number of rotatable bonds is 0. The Kier molecular flexibility index (Phi) is 1.16. The van der Waals surface area contributed by atoms with Gasteiger partial charge in [0.25, 0.3) is 0 Å². The van der Waals surface area contributed by atoms with Crippen molar-refractivity contribution in [2.45, 2.75) is 33.1 Å². The van der Waals surface area contributed by atoms with Gasteiger partial charge in [-0.2, -0.15) is 0 Å². The van der Waals surface area contributed by atoms with E-state index < -0.39 is 0 Å². The molecule has 0 aromatic rings. The third-order valence-electron chi connectivity index (χ3n) is 4.01. The number of hydrogen-bond donors (Lipinski definition) is 0. The molecule has 2 bridgehead atoms. The predicted octanol–water partition coefficient (Wildman–Crippen LogP) is 2.96. The van der Waals surface area contributed by atoms with Gasteiger partial charge in [0, 0.05) is 0 Å². The van der Waals surface area contributed by atoms with E-state index in [1.54, 1.807) is 0 Å². The van der Waals surface area contributed by atoms with Crippen LogP contribution in [-0.4, -0.2) is 0 Å². The highest BCUT2D eigenvalue weighted by molar-refractivity contribution is 5.28. The number of allylic oxidation sites excluding steroid dienone is 1. The Balaban J connectivity index is 2.44. The lowest BCUT2D eigenvalue weighted by Gasteiger charge is -2.40. The van der Waals surface area contributed by atoms with Gasteiger partial charge in [0.15, 0.2) is 0 Å². The van der Waals surface area contributed by atoms with Gasteiger partial charge in [-0.3, -0.25) is 0 Å². The maximum absolute atomic E-state index is 8.24. The highest BCUT2D eigenvalue weighted by atomic mass is 14.6. The van der Waals surface area contributed by atoms with Crippen molar-refractivity contribution in [1.29, 1.82) is 0 Å². The fourth-order valence-electron chi connectivity index (χ4n) is 2.73. The number of fused-ring (bicyclic) bond motifs is 2. The van der Waals surface area contributed by atoms with Crippen molar-refractivity contribution in [1.82, 2.24) is 0 Å². The monoisotopic (exact) mass is 147 g/mol. The Morgan fingerprint density at radius 2 is 2.18 bits per heavy atom. The van der Waals surface area contributed by atoms with Crippen LogP contribution in [0.15, 0.2) is 12.2 Å². The van der Waals surface area contributed by atoms with Crippen LogP contribution >= 0.6 is 0 Å². The van der Waals surface area contributed by atoms with Crippen LogP contribution in [0.5, 0.6) is 0 Å². The molecule has 0 spiro atoms. The van der Waals surface area contributed by atoms with Crippen LogP contribution in [0, 0.1) is 23.7 Å². The first-order valence-corrected chi connectivity index (χ1v) is 4.42. The molecule has 0 aliphatic heterocycles. The van der Waals surface area contributed by atoms with Crippen LogP contribution in [0.25, 0.3) is 0 Å². The van der Waals surface area contributed by atoms with E-state index in [4.69, 9.17) is 6.92 Å². The van der Waals surface area contributed by atoms with Gasteiger partial charge < -0.3 is 0 Å². The molecule has 0 N–H and O–H groups in total. The lowest BCUT2D eigenvalue weighted by molar-refractivity contribution is 0.192. The normalized spacial score (nSPS) is 46.8. The first kappa shape index (κ1) is 7.39. The molecule has 2 unspecified atom stereocenters. The Morgan fingerprint density at radius 1 is 1.55 bits per heavy atom. The summed E-state index contributed by atoms with van der Waals surface area (Å²) in [6, 6.07) is 0. The zero-order chi connectivity index (χ0) is 8.28. The minimum Gasteiger partial charge on any atom is -0.0990 e. The van der Waals surface area contributed by atoms with E-state index in [9.17, 15) is 0 Å². The SMILES string of the molecule is [C]C12CCC(C1)C(=C)C2(C)C. The molecule has 0 heterocycles. The third-order valence-corrected chi connectivity index (χ3v) is 4.01. The molecule has 3 radical (unpaired) electrons. The standard InChI is InChI=1S/C11H15/c1-8-9-5-6-11(4,7-9)10(8,2)3/h9H,1,5-7H2,2-3H3. The van der Waals surface area contributed by atoms with E-state index in [0.29, 0.717) is 5.92 Å². The smallest absolute Gasteiger partial charge is 0.00105 e. The van der Waals surface area contributed by atoms with Gasteiger partial charge in [0.2, 0.25) is 0 Å². The Hall–Kier alpha value is -0.260. The van der Waals surface area contributed by atoms with Crippen molar-refractivity contribution in [3.63, 3.8) is 0 Å². The molecule has 0 aromatic heterocycles. The molecule has 2 atom stereocenters. The van der Waals surface area contributed by atoms with E-state index in [0.717, 1.165) is 12.8 Å². The molecule has 0 heteroatoms. The zero-order valence-electron chi connectivity index (χ0n) is 7.41. The van der Waals surface area contributed by atoms with Gasteiger partial charge in [-0.05, 0) is 42.9 Å². The minimum atomic E-state index is -0.172.